The molecule has 1 aliphatic heterocycles. The van der Waals surface area contributed by atoms with Gasteiger partial charge in [0.15, 0.2) is 0 Å². The van der Waals surface area contributed by atoms with E-state index in [1.54, 1.807) is 36.5 Å². The number of amides is 2. The van der Waals surface area contributed by atoms with Crippen molar-refractivity contribution >= 4 is 28.9 Å². The highest BCUT2D eigenvalue weighted by atomic mass is 16.5. The Kier molecular flexibility index (Phi) is 5.25. The molecule has 0 bridgehead atoms. The standard InChI is InChI=1S/C18H20N4O3/c1-13(23)20-14-2-4-15(5-3-14)21-18(24)17-7-6-16(12-19-17)22-8-10-25-11-9-22/h2-7,12H,8-11H2,1H3,(H,20,23)(H,21,24). The number of anilines is 3. The molecule has 1 fully saturated rings. The van der Waals surface area contributed by atoms with Gasteiger partial charge in [0.1, 0.15) is 5.69 Å². The number of carbonyl (C=O) groups excluding carboxylic acids is 2. The van der Waals surface area contributed by atoms with Gasteiger partial charge in [-0.2, -0.15) is 0 Å². The minimum atomic E-state index is -0.277. The Morgan fingerprint density at radius 2 is 1.64 bits per heavy atom. The van der Waals surface area contributed by atoms with Crippen LogP contribution < -0.4 is 15.5 Å². The minimum Gasteiger partial charge on any atom is -0.378 e. The van der Waals surface area contributed by atoms with Gasteiger partial charge < -0.3 is 20.3 Å². The Labute approximate surface area is 146 Å². The van der Waals surface area contributed by atoms with Crippen molar-refractivity contribution in [3.63, 3.8) is 0 Å². The van der Waals surface area contributed by atoms with Crippen molar-refractivity contribution in [2.75, 3.05) is 41.8 Å². The van der Waals surface area contributed by atoms with Gasteiger partial charge in [-0.3, -0.25) is 9.59 Å². The first-order valence-corrected chi connectivity index (χ1v) is 8.09. The molecule has 1 aromatic heterocycles. The maximum Gasteiger partial charge on any atom is 0.274 e. The van der Waals surface area contributed by atoms with Crippen LogP contribution in [0.4, 0.5) is 17.1 Å². The molecular formula is C18H20N4O3. The highest BCUT2D eigenvalue weighted by Crippen LogP contribution is 2.17. The summed E-state index contributed by atoms with van der Waals surface area (Å²) in [6, 6.07) is 10.5. The van der Waals surface area contributed by atoms with E-state index in [-0.39, 0.29) is 11.8 Å². The molecule has 1 aliphatic rings. The van der Waals surface area contributed by atoms with Gasteiger partial charge in [0.05, 0.1) is 25.1 Å². The summed E-state index contributed by atoms with van der Waals surface area (Å²) >= 11 is 0. The number of hydrogen-bond donors (Lipinski definition) is 2. The Bertz CT molecular complexity index is 738. The Morgan fingerprint density at radius 3 is 2.20 bits per heavy atom. The minimum absolute atomic E-state index is 0.138. The highest BCUT2D eigenvalue weighted by Gasteiger charge is 2.13. The third-order valence-corrected chi connectivity index (χ3v) is 3.82. The highest BCUT2D eigenvalue weighted by molar-refractivity contribution is 6.03. The van der Waals surface area contributed by atoms with Crippen LogP contribution in [0.15, 0.2) is 42.6 Å². The van der Waals surface area contributed by atoms with Gasteiger partial charge in [-0.05, 0) is 36.4 Å². The fraction of sp³-hybridized carbons (Fsp3) is 0.278. The average molecular weight is 340 g/mol. The first-order chi connectivity index (χ1) is 12.1. The molecule has 2 amide bonds. The molecule has 1 aromatic carbocycles. The van der Waals surface area contributed by atoms with Crippen LogP contribution in [0, 0.1) is 0 Å². The molecule has 7 nitrogen and oxygen atoms in total. The molecule has 0 unspecified atom stereocenters. The zero-order valence-electron chi connectivity index (χ0n) is 14.0. The molecule has 130 valence electrons. The van der Waals surface area contributed by atoms with Crippen LogP contribution in [-0.4, -0.2) is 43.1 Å². The summed E-state index contributed by atoms with van der Waals surface area (Å²) in [5.74, 6) is -0.415. The molecule has 2 aromatic rings. The first-order valence-electron chi connectivity index (χ1n) is 8.09. The summed E-state index contributed by atoms with van der Waals surface area (Å²) in [5, 5.41) is 5.47. The molecule has 3 rings (SSSR count). The molecule has 1 saturated heterocycles. The number of pyridine rings is 1. The second-order valence-electron chi connectivity index (χ2n) is 5.71. The van der Waals surface area contributed by atoms with Crippen molar-refractivity contribution < 1.29 is 14.3 Å². The van der Waals surface area contributed by atoms with E-state index < -0.39 is 0 Å². The number of aromatic nitrogens is 1. The van der Waals surface area contributed by atoms with Crippen molar-refractivity contribution in [1.29, 1.82) is 0 Å². The lowest BCUT2D eigenvalue weighted by molar-refractivity contribution is -0.114. The molecule has 0 spiro atoms. The van der Waals surface area contributed by atoms with E-state index in [1.165, 1.54) is 6.92 Å². The first kappa shape index (κ1) is 16.9. The summed E-state index contributed by atoms with van der Waals surface area (Å²) in [4.78, 5) is 29.7. The molecular weight excluding hydrogens is 320 g/mol. The number of nitrogens with zero attached hydrogens (tertiary/aromatic N) is 2. The fourth-order valence-electron chi connectivity index (χ4n) is 2.56. The Balaban J connectivity index is 1.61. The zero-order valence-corrected chi connectivity index (χ0v) is 14.0. The normalized spacial score (nSPS) is 14.0. The summed E-state index contributed by atoms with van der Waals surface area (Å²) in [6.07, 6.45) is 1.71. The van der Waals surface area contributed by atoms with Gasteiger partial charge in [0.2, 0.25) is 5.91 Å². The molecule has 2 heterocycles. The fourth-order valence-corrected chi connectivity index (χ4v) is 2.56. The van der Waals surface area contributed by atoms with Crippen LogP contribution in [-0.2, 0) is 9.53 Å². The monoisotopic (exact) mass is 340 g/mol. The van der Waals surface area contributed by atoms with Gasteiger partial charge in [-0.15, -0.1) is 0 Å². The number of carbonyl (C=O) groups is 2. The van der Waals surface area contributed by atoms with Crippen LogP contribution in [0.25, 0.3) is 0 Å². The molecule has 25 heavy (non-hydrogen) atoms. The summed E-state index contributed by atoms with van der Waals surface area (Å²) in [7, 11) is 0. The van der Waals surface area contributed by atoms with E-state index in [1.807, 2.05) is 6.07 Å². The summed E-state index contributed by atoms with van der Waals surface area (Å²) < 4.78 is 5.33. The van der Waals surface area contributed by atoms with Crippen molar-refractivity contribution in [2.24, 2.45) is 0 Å². The van der Waals surface area contributed by atoms with Gasteiger partial charge >= 0.3 is 0 Å². The van der Waals surface area contributed by atoms with E-state index in [9.17, 15) is 9.59 Å². The Morgan fingerprint density at radius 1 is 1.00 bits per heavy atom. The number of benzene rings is 1. The summed E-state index contributed by atoms with van der Waals surface area (Å²) in [5.41, 5.74) is 2.65. The third kappa shape index (κ3) is 4.54. The lowest BCUT2D eigenvalue weighted by Crippen LogP contribution is -2.36. The predicted molar refractivity (Wildman–Crippen MR) is 96.0 cm³/mol. The maximum absolute atomic E-state index is 12.3. The number of ether oxygens (including phenoxy) is 1. The number of nitrogens with one attached hydrogen (secondary N) is 2. The van der Waals surface area contributed by atoms with Gasteiger partial charge in [0, 0.05) is 31.4 Å². The third-order valence-electron chi connectivity index (χ3n) is 3.82. The smallest absolute Gasteiger partial charge is 0.274 e. The SMILES string of the molecule is CC(=O)Nc1ccc(NC(=O)c2ccc(N3CCOCC3)cn2)cc1. The molecule has 0 aliphatic carbocycles. The topological polar surface area (TPSA) is 83.6 Å². The predicted octanol–water partition coefficient (Wildman–Crippen LogP) is 2.13. The van der Waals surface area contributed by atoms with Gasteiger partial charge in [-0.1, -0.05) is 0 Å². The van der Waals surface area contributed by atoms with Gasteiger partial charge in [0.25, 0.3) is 5.91 Å². The number of hydrogen-bond acceptors (Lipinski definition) is 5. The van der Waals surface area contributed by atoms with Crippen LogP contribution in [0.5, 0.6) is 0 Å². The molecule has 0 atom stereocenters. The second-order valence-corrected chi connectivity index (χ2v) is 5.71. The Hall–Kier alpha value is -2.93. The molecule has 0 saturated carbocycles. The number of rotatable bonds is 4. The van der Waals surface area contributed by atoms with E-state index in [2.05, 4.69) is 20.5 Å². The molecule has 2 N–H and O–H groups in total. The van der Waals surface area contributed by atoms with Crippen LogP contribution in [0.3, 0.4) is 0 Å². The van der Waals surface area contributed by atoms with E-state index in [4.69, 9.17) is 4.74 Å². The maximum atomic E-state index is 12.3. The largest absolute Gasteiger partial charge is 0.378 e. The van der Waals surface area contributed by atoms with Crippen molar-refractivity contribution in [2.45, 2.75) is 6.92 Å². The molecule has 7 heteroatoms. The average Bonchev–Trinajstić information content (AvgIpc) is 2.64. The lowest BCUT2D eigenvalue weighted by Gasteiger charge is -2.28. The van der Waals surface area contributed by atoms with Crippen LogP contribution >= 0.6 is 0 Å². The van der Waals surface area contributed by atoms with Crippen molar-refractivity contribution in [3.05, 3.63) is 48.3 Å². The zero-order chi connectivity index (χ0) is 17.6. The van der Waals surface area contributed by atoms with E-state index in [0.29, 0.717) is 30.3 Å². The van der Waals surface area contributed by atoms with Crippen molar-refractivity contribution in [1.82, 2.24) is 4.98 Å². The van der Waals surface area contributed by atoms with E-state index in [0.717, 1.165) is 18.8 Å². The second kappa shape index (κ2) is 7.76. The van der Waals surface area contributed by atoms with Crippen LogP contribution in [0.2, 0.25) is 0 Å². The van der Waals surface area contributed by atoms with Gasteiger partial charge in [-0.25, -0.2) is 4.98 Å². The lowest BCUT2D eigenvalue weighted by atomic mass is 10.2. The summed E-state index contributed by atoms with van der Waals surface area (Å²) in [6.45, 7) is 4.51. The molecule has 0 radical (unpaired) electrons. The quantitative estimate of drug-likeness (QED) is 0.891. The van der Waals surface area contributed by atoms with Crippen LogP contribution in [0.1, 0.15) is 17.4 Å². The van der Waals surface area contributed by atoms with Crippen molar-refractivity contribution in [3.8, 4) is 0 Å². The van der Waals surface area contributed by atoms with E-state index >= 15 is 0 Å². The number of morpholine rings is 1.